The molecule has 10 nitrogen and oxygen atoms in total. The average molecular weight is 541 g/mol. The van der Waals surface area contributed by atoms with E-state index < -0.39 is 53.5 Å². The SMILES string of the molecule is Cc1cccc(C)c1NC(=O)C(c1ccc(O)cc1)N(C(=O)C(CC(N)=O)NC(=O)OC(C)(C)C)C(C)(C)C. The van der Waals surface area contributed by atoms with Crippen molar-refractivity contribution in [2.45, 2.75) is 85.0 Å². The van der Waals surface area contributed by atoms with E-state index in [0.717, 1.165) is 11.1 Å². The van der Waals surface area contributed by atoms with Crippen LogP contribution >= 0.6 is 0 Å². The minimum Gasteiger partial charge on any atom is -0.508 e. The Bertz CT molecular complexity index is 1190. The van der Waals surface area contributed by atoms with Crippen LogP contribution in [0.4, 0.5) is 10.5 Å². The number of nitrogens with zero attached hydrogens (tertiary/aromatic N) is 1. The number of hydrogen-bond acceptors (Lipinski definition) is 6. The topological polar surface area (TPSA) is 151 Å². The zero-order valence-corrected chi connectivity index (χ0v) is 23.9. The lowest BCUT2D eigenvalue weighted by molar-refractivity contribution is -0.147. The molecule has 0 heterocycles. The largest absolute Gasteiger partial charge is 0.508 e. The van der Waals surface area contributed by atoms with Crippen LogP contribution in [0.5, 0.6) is 5.75 Å². The highest BCUT2D eigenvalue weighted by Crippen LogP contribution is 2.33. The van der Waals surface area contributed by atoms with Crippen molar-refractivity contribution in [3.05, 3.63) is 59.2 Å². The number of nitrogens with two attached hydrogens (primary N) is 1. The Balaban J connectivity index is 2.63. The molecule has 2 atom stereocenters. The van der Waals surface area contributed by atoms with Crippen LogP contribution in [0, 0.1) is 13.8 Å². The summed E-state index contributed by atoms with van der Waals surface area (Å²) in [6.45, 7) is 13.9. The second-order valence-corrected chi connectivity index (χ2v) is 11.5. The molecule has 0 bridgehead atoms. The number of carbonyl (C=O) groups excluding carboxylic acids is 4. The fourth-order valence-corrected chi connectivity index (χ4v) is 4.14. The van der Waals surface area contributed by atoms with Crippen molar-refractivity contribution in [2.24, 2.45) is 5.73 Å². The number of benzene rings is 2. The number of aryl methyl sites for hydroxylation is 2. The minimum atomic E-state index is -1.40. The lowest BCUT2D eigenvalue weighted by atomic mass is 9.94. The van der Waals surface area contributed by atoms with E-state index in [1.165, 1.54) is 17.0 Å². The number of aromatic hydroxyl groups is 1. The number of carbonyl (C=O) groups is 4. The van der Waals surface area contributed by atoms with Crippen molar-refractivity contribution in [1.29, 1.82) is 0 Å². The van der Waals surface area contributed by atoms with E-state index in [4.69, 9.17) is 10.5 Å². The second kappa shape index (κ2) is 12.2. The molecule has 0 aromatic heterocycles. The molecule has 0 aliphatic rings. The molecule has 2 unspecified atom stereocenters. The third kappa shape index (κ3) is 8.73. The summed E-state index contributed by atoms with van der Waals surface area (Å²) in [4.78, 5) is 53.9. The Labute approximate surface area is 229 Å². The molecule has 0 spiro atoms. The molecule has 10 heteroatoms. The summed E-state index contributed by atoms with van der Waals surface area (Å²) in [5, 5.41) is 15.3. The molecule has 0 fully saturated rings. The van der Waals surface area contributed by atoms with Crippen LogP contribution in [0.15, 0.2) is 42.5 Å². The number of para-hydroxylation sites is 1. The summed E-state index contributed by atoms with van der Waals surface area (Å²) in [6, 6.07) is 8.91. The van der Waals surface area contributed by atoms with Gasteiger partial charge in [0.25, 0.3) is 5.91 Å². The molecule has 0 saturated carbocycles. The zero-order valence-electron chi connectivity index (χ0n) is 23.9. The third-order valence-electron chi connectivity index (χ3n) is 5.80. The van der Waals surface area contributed by atoms with Gasteiger partial charge in [-0.2, -0.15) is 0 Å². The molecular weight excluding hydrogens is 500 g/mol. The monoisotopic (exact) mass is 540 g/mol. The number of phenols is 1. The summed E-state index contributed by atoms with van der Waals surface area (Å²) >= 11 is 0. The van der Waals surface area contributed by atoms with Gasteiger partial charge in [0.1, 0.15) is 23.4 Å². The van der Waals surface area contributed by atoms with Crippen molar-refractivity contribution >= 4 is 29.5 Å². The zero-order chi connectivity index (χ0) is 29.7. The summed E-state index contributed by atoms with van der Waals surface area (Å²) in [5.74, 6) is -2.06. The molecule has 0 aliphatic carbocycles. The van der Waals surface area contributed by atoms with Crippen LogP contribution in [-0.4, -0.2) is 51.0 Å². The first kappa shape index (κ1) is 31.1. The number of phenolic OH excluding ortho intramolecular Hbond substituents is 1. The number of primary amides is 1. The number of amides is 4. The van der Waals surface area contributed by atoms with E-state index in [2.05, 4.69) is 10.6 Å². The predicted octanol–water partition coefficient (Wildman–Crippen LogP) is 4.08. The molecule has 212 valence electrons. The Morgan fingerprint density at radius 3 is 1.95 bits per heavy atom. The number of hydrogen-bond donors (Lipinski definition) is 4. The molecule has 2 aromatic rings. The van der Waals surface area contributed by atoms with Gasteiger partial charge in [-0.25, -0.2) is 4.79 Å². The van der Waals surface area contributed by atoms with Gasteiger partial charge in [0.15, 0.2) is 0 Å². The Morgan fingerprint density at radius 2 is 1.49 bits per heavy atom. The van der Waals surface area contributed by atoms with Crippen LogP contribution in [0.1, 0.15) is 70.7 Å². The number of alkyl carbamates (subject to hydrolysis) is 1. The average Bonchev–Trinajstić information content (AvgIpc) is 2.77. The first-order valence-electron chi connectivity index (χ1n) is 12.7. The molecule has 2 rings (SSSR count). The van der Waals surface area contributed by atoms with Gasteiger partial charge in [0.05, 0.1) is 6.42 Å². The van der Waals surface area contributed by atoms with E-state index in [1.807, 2.05) is 32.0 Å². The lowest BCUT2D eigenvalue weighted by Crippen LogP contribution is -2.58. The van der Waals surface area contributed by atoms with Crippen molar-refractivity contribution < 1.29 is 29.0 Å². The molecule has 2 aromatic carbocycles. The van der Waals surface area contributed by atoms with Crippen LogP contribution < -0.4 is 16.4 Å². The van der Waals surface area contributed by atoms with Gasteiger partial charge >= 0.3 is 6.09 Å². The van der Waals surface area contributed by atoms with Crippen molar-refractivity contribution in [3.8, 4) is 5.75 Å². The highest BCUT2D eigenvalue weighted by atomic mass is 16.6. The number of ether oxygens (including phenoxy) is 1. The molecule has 0 aliphatic heterocycles. The van der Waals surface area contributed by atoms with Gasteiger partial charge in [0, 0.05) is 11.2 Å². The van der Waals surface area contributed by atoms with Crippen LogP contribution in [0.3, 0.4) is 0 Å². The van der Waals surface area contributed by atoms with Gasteiger partial charge in [-0.05, 0) is 84.2 Å². The second-order valence-electron chi connectivity index (χ2n) is 11.5. The normalized spacial score (nSPS) is 13.1. The highest BCUT2D eigenvalue weighted by molar-refractivity contribution is 6.00. The highest BCUT2D eigenvalue weighted by Gasteiger charge is 2.42. The van der Waals surface area contributed by atoms with E-state index in [9.17, 15) is 24.3 Å². The number of rotatable bonds is 8. The molecule has 0 radical (unpaired) electrons. The Morgan fingerprint density at radius 1 is 0.949 bits per heavy atom. The van der Waals surface area contributed by atoms with Crippen molar-refractivity contribution in [3.63, 3.8) is 0 Å². The summed E-state index contributed by atoms with van der Waals surface area (Å²) < 4.78 is 5.30. The van der Waals surface area contributed by atoms with Crippen molar-refractivity contribution in [2.75, 3.05) is 5.32 Å². The summed E-state index contributed by atoms with van der Waals surface area (Å²) in [6.07, 6.45) is -1.41. The maximum absolute atomic E-state index is 14.1. The van der Waals surface area contributed by atoms with E-state index in [0.29, 0.717) is 11.3 Å². The van der Waals surface area contributed by atoms with Gasteiger partial charge in [0.2, 0.25) is 11.8 Å². The molecule has 4 amide bonds. The smallest absolute Gasteiger partial charge is 0.408 e. The Hall–Kier alpha value is -4.08. The van der Waals surface area contributed by atoms with Crippen LogP contribution in [0.2, 0.25) is 0 Å². The first-order valence-corrected chi connectivity index (χ1v) is 12.7. The van der Waals surface area contributed by atoms with Crippen molar-refractivity contribution in [1.82, 2.24) is 10.2 Å². The molecular formula is C29H40N4O6. The first-order chi connectivity index (χ1) is 17.9. The van der Waals surface area contributed by atoms with Gasteiger partial charge in [-0.15, -0.1) is 0 Å². The van der Waals surface area contributed by atoms with E-state index in [-0.39, 0.29) is 5.75 Å². The maximum atomic E-state index is 14.1. The third-order valence-corrected chi connectivity index (χ3v) is 5.80. The van der Waals surface area contributed by atoms with E-state index >= 15 is 0 Å². The summed E-state index contributed by atoms with van der Waals surface area (Å²) in [5.41, 5.74) is 6.29. The van der Waals surface area contributed by atoms with E-state index in [1.54, 1.807) is 53.7 Å². The predicted molar refractivity (Wildman–Crippen MR) is 149 cm³/mol. The fraction of sp³-hybridized carbons (Fsp3) is 0.448. The van der Waals surface area contributed by atoms with Gasteiger partial charge in [-0.1, -0.05) is 30.3 Å². The lowest BCUT2D eigenvalue weighted by Gasteiger charge is -2.43. The molecule has 39 heavy (non-hydrogen) atoms. The standard InChI is InChI=1S/C29H40N4O6/c1-17-10-9-11-18(2)23(17)32-25(36)24(19-12-14-20(34)15-13-19)33(28(3,4)5)26(37)21(16-22(30)35)31-27(38)39-29(6,7)8/h9-15,21,24,34H,16H2,1-8H3,(H2,30,35)(H,31,38)(H,32,36). The quantitative estimate of drug-likeness (QED) is 0.396. The number of nitrogens with one attached hydrogen (secondary N) is 2. The van der Waals surface area contributed by atoms with Crippen LogP contribution in [0.25, 0.3) is 0 Å². The van der Waals surface area contributed by atoms with Crippen LogP contribution in [-0.2, 0) is 19.1 Å². The maximum Gasteiger partial charge on any atom is 0.408 e. The fourth-order valence-electron chi connectivity index (χ4n) is 4.14. The Kier molecular flexibility index (Phi) is 9.73. The summed E-state index contributed by atoms with van der Waals surface area (Å²) in [7, 11) is 0. The van der Waals surface area contributed by atoms with Gasteiger partial charge in [-0.3, -0.25) is 14.4 Å². The minimum absolute atomic E-state index is 0.0144. The number of anilines is 1. The molecule has 0 saturated heterocycles. The molecule has 5 N–H and O–H groups in total. The van der Waals surface area contributed by atoms with Gasteiger partial charge < -0.3 is 31.1 Å².